The van der Waals surface area contributed by atoms with Crippen LogP contribution in [-0.4, -0.2) is 48.7 Å². The van der Waals surface area contributed by atoms with E-state index in [1.807, 2.05) is 0 Å². The van der Waals surface area contributed by atoms with E-state index in [1.54, 1.807) is 13.0 Å². The van der Waals surface area contributed by atoms with Crippen molar-refractivity contribution in [3.63, 3.8) is 0 Å². The van der Waals surface area contributed by atoms with E-state index in [9.17, 15) is 9.59 Å². The molecule has 0 bridgehead atoms. The lowest BCUT2D eigenvalue weighted by atomic mass is 9.98. The molecule has 0 saturated carbocycles. The first-order chi connectivity index (χ1) is 10.1. The number of amides is 1. The van der Waals surface area contributed by atoms with Crippen molar-refractivity contribution in [2.75, 3.05) is 32.1 Å². The third-order valence-corrected chi connectivity index (χ3v) is 3.59. The molecule has 1 amide bonds. The molecule has 1 N–H and O–H groups in total. The van der Waals surface area contributed by atoms with Gasteiger partial charge in [0.1, 0.15) is 5.76 Å². The van der Waals surface area contributed by atoms with Crippen molar-refractivity contribution in [1.82, 2.24) is 10.1 Å². The van der Waals surface area contributed by atoms with Gasteiger partial charge in [0.25, 0.3) is 0 Å². The van der Waals surface area contributed by atoms with E-state index in [0.29, 0.717) is 31.1 Å². The molecule has 0 aromatic carbocycles. The number of ether oxygens (including phenoxy) is 1. The lowest BCUT2D eigenvalue weighted by Crippen LogP contribution is -2.40. The highest BCUT2D eigenvalue weighted by molar-refractivity contribution is 5.89. The number of carbonyl (C=O) groups is 2. The molecule has 2 heterocycles. The second-order valence-corrected chi connectivity index (χ2v) is 5.28. The topological polar surface area (TPSA) is 84.7 Å². The molecular formula is C14H21N3O4. The molecule has 116 valence electrons. The summed E-state index contributed by atoms with van der Waals surface area (Å²) in [5.41, 5.74) is 0. The molecule has 0 spiro atoms. The van der Waals surface area contributed by atoms with Gasteiger partial charge in [0.05, 0.1) is 13.0 Å². The van der Waals surface area contributed by atoms with Crippen molar-refractivity contribution in [2.45, 2.75) is 26.2 Å². The van der Waals surface area contributed by atoms with Gasteiger partial charge in [0.15, 0.2) is 5.82 Å². The predicted molar refractivity (Wildman–Crippen MR) is 75.7 cm³/mol. The lowest BCUT2D eigenvalue weighted by molar-refractivity contribution is -0.147. The summed E-state index contributed by atoms with van der Waals surface area (Å²) in [6.07, 6.45) is 2.16. The quantitative estimate of drug-likeness (QED) is 0.822. The number of methoxy groups -OCH3 is 1. The van der Waals surface area contributed by atoms with Gasteiger partial charge in [-0.2, -0.15) is 0 Å². The van der Waals surface area contributed by atoms with Crippen LogP contribution >= 0.6 is 0 Å². The van der Waals surface area contributed by atoms with E-state index in [-0.39, 0.29) is 17.8 Å². The Morgan fingerprint density at radius 3 is 3.05 bits per heavy atom. The number of nitrogens with zero attached hydrogens (tertiary/aromatic N) is 2. The molecule has 1 aromatic rings. The van der Waals surface area contributed by atoms with E-state index in [4.69, 9.17) is 9.26 Å². The SMILES string of the molecule is COC(=O)C1CCCN(CCC(=O)Nc2cc(C)on2)C1. The first-order valence-corrected chi connectivity index (χ1v) is 7.12. The molecular weight excluding hydrogens is 274 g/mol. The number of likely N-dealkylation sites (tertiary alicyclic amines) is 1. The molecule has 1 aliphatic heterocycles. The Balaban J connectivity index is 1.74. The number of hydrogen-bond acceptors (Lipinski definition) is 6. The Bertz CT molecular complexity index is 500. The fourth-order valence-corrected chi connectivity index (χ4v) is 2.51. The molecule has 7 heteroatoms. The number of hydrogen-bond donors (Lipinski definition) is 1. The van der Waals surface area contributed by atoms with Gasteiger partial charge in [-0.15, -0.1) is 0 Å². The summed E-state index contributed by atoms with van der Waals surface area (Å²) in [5, 5.41) is 6.40. The highest BCUT2D eigenvalue weighted by Gasteiger charge is 2.26. The number of rotatable bonds is 5. The van der Waals surface area contributed by atoms with E-state index in [0.717, 1.165) is 19.4 Å². The molecule has 0 radical (unpaired) electrons. The maximum absolute atomic E-state index is 11.8. The number of aromatic nitrogens is 1. The Hall–Kier alpha value is -1.89. The summed E-state index contributed by atoms with van der Waals surface area (Å²) in [4.78, 5) is 25.5. The fraction of sp³-hybridized carbons (Fsp3) is 0.643. The van der Waals surface area contributed by atoms with Gasteiger partial charge in [0.2, 0.25) is 5.91 Å². The molecule has 1 aromatic heterocycles. The van der Waals surface area contributed by atoms with Gasteiger partial charge in [-0.05, 0) is 26.3 Å². The summed E-state index contributed by atoms with van der Waals surface area (Å²) in [5.74, 6) is 0.738. The van der Waals surface area contributed by atoms with Crippen molar-refractivity contribution in [1.29, 1.82) is 0 Å². The zero-order valence-corrected chi connectivity index (χ0v) is 12.4. The Kier molecular flexibility index (Phi) is 5.32. The van der Waals surface area contributed by atoms with E-state index < -0.39 is 0 Å². The molecule has 1 fully saturated rings. The first kappa shape index (κ1) is 15.5. The maximum Gasteiger partial charge on any atom is 0.309 e. The van der Waals surface area contributed by atoms with Crippen LogP contribution in [0.2, 0.25) is 0 Å². The van der Waals surface area contributed by atoms with E-state index in [1.165, 1.54) is 7.11 Å². The minimum Gasteiger partial charge on any atom is -0.469 e. The fourth-order valence-electron chi connectivity index (χ4n) is 2.51. The second-order valence-electron chi connectivity index (χ2n) is 5.28. The molecule has 7 nitrogen and oxygen atoms in total. The number of anilines is 1. The third kappa shape index (κ3) is 4.56. The van der Waals surface area contributed by atoms with Crippen molar-refractivity contribution < 1.29 is 18.8 Å². The van der Waals surface area contributed by atoms with Gasteiger partial charge >= 0.3 is 5.97 Å². The van der Waals surface area contributed by atoms with Gasteiger partial charge in [0, 0.05) is 25.6 Å². The zero-order chi connectivity index (χ0) is 15.2. The minimum atomic E-state index is -0.165. The molecule has 1 unspecified atom stereocenters. The van der Waals surface area contributed by atoms with Crippen LogP contribution in [-0.2, 0) is 14.3 Å². The highest BCUT2D eigenvalue weighted by atomic mass is 16.5. The standard InChI is InChI=1S/C14H21N3O4/c1-10-8-12(16-21-10)15-13(18)5-7-17-6-3-4-11(9-17)14(19)20-2/h8,11H,3-7,9H2,1-2H3,(H,15,16,18). The van der Waals surface area contributed by atoms with Gasteiger partial charge in [-0.3, -0.25) is 9.59 Å². The van der Waals surface area contributed by atoms with E-state index in [2.05, 4.69) is 15.4 Å². The van der Waals surface area contributed by atoms with Crippen molar-refractivity contribution in [3.05, 3.63) is 11.8 Å². The second kappa shape index (κ2) is 7.21. The van der Waals surface area contributed by atoms with Crippen LogP contribution in [0.1, 0.15) is 25.0 Å². The molecule has 2 rings (SSSR count). The number of esters is 1. The highest BCUT2D eigenvalue weighted by Crippen LogP contribution is 2.18. The maximum atomic E-state index is 11.8. The molecule has 1 atom stereocenters. The van der Waals surface area contributed by atoms with Crippen molar-refractivity contribution >= 4 is 17.7 Å². The third-order valence-electron chi connectivity index (χ3n) is 3.59. The van der Waals surface area contributed by atoms with Gasteiger partial charge in [-0.1, -0.05) is 5.16 Å². The lowest BCUT2D eigenvalue weighted by Gasteiger charge is -2.30. The van der Waals surface area contributed by atoms with Crippen LogP contribution in [0.25, 0.3) is 0 Å². The predicted octanol–water partition coefficient (Wildman–Crippen LogP) is 1.20. The van der Waals surface area contributed by atoms with Gasteiger partial charge < -0.3 is 19.5 Å². The summed E-state index contributed by atoms with van der Waals surface area (Å²) < 4.78 is 9.67. The van der Waals surface area contributed by atoms with E-state index >= 15 is 0 Å². The Morgan fingerprint density at radius 2 is 2.38 bits per heavy atom. The average molecular weight is 295 g/mol. The minimum absolute atomic E-state index is 0.0787. The summed E-state index contributed by atoms with van der Waals surface area (Å²) >= 11 is 0. The number of aryl methyl sites for hydroxylation is 1. The molecule has 1 aliphatic rings. The van der Waals surface area contributed by atoms with Crippen molar-refractivity contribution in [2.24, 2.45) is 5.92 Å². The normalized spacial score (nSPS) is 19.2. The smallest absolute Gasteiger partial charge is 0.309 e. The number of piperidine rings is 1. The monoisotopic (exact) mass is 295 g/mol. The van der Waals surface area contributed by atoms with Crippen LogP contribution in [0.3, 0.4) is 0 Å². The largest absolute Gasteiger partial charge is 0.469 e. The first-order valence-electron chi connectivity index (χ1n) is 7.12. The Labute approximate surface area is 123 Å². The van der Waals surface area contributed by atoms with Crippen molar-refractivity contribution in [3.8, 4) is 0 Å². The average Bonchev–Trinajstić information content (AvgIpc) is 2.89. The zero-order valence-electron chi connectivity index (χ0n) is 12.4. The van der Waals surface area contributed by atoms with Crippen LogP contribution < -0.4 is 5.32 Å². The molecule has 0 aliphatic carbocycles. The summed E-state index contributed by atoms with van der Waals surface area (Å²) in [6.45, 7) is 3.95. The number of nitrogens with one attached hydrogen (secondary N) is 1. The molecule has 1 saturated heterocycles. The molecule has 21 heavy (non-hydrogen) atoms. The van der Waals surface area contributed by atoms with Crippen LogP contribution in [0.4, 0.5) is 5.82 Å². The van der Waals surface area contributed by atoms with Crippen LogP contribution in [0.15, 0.2) is 10.6 Å². The number of carbonyl (C=O) groups excluding carboxylic acids is 2. The van der Waals surface area contributed by atoms with Gasteiger partial charge in [-0.25, -0.2) is 0 Å². The summed E-state index contributed by atoms with van der Waals surface area (Å²) in [6, 6.07) is 1.67. The van der Waals surface area contributed by atoms with Crippen LogP contribution in [0.5, 0.6) is 0 Å². The summed E-state index contributed by atoms with van der Waals surface area (Å²) in [7, 11) is 1.41. The Morgan fingerprint density at radius 1 is 1.57 bits per heavy atom. The van der Waals surface area contributed by atoms with Crippen LogP contribution in [0, 0.1) is 12.8 Å².